The Bertz CT molecular complexity index is 162. The van der Waals surface area contributed by atoms with Gasteiger partial charge in [-0.1, -0.05) is 33.1 Å². The highest BCUT2D eigenvalue weighted by molar-refractivity contribution is 4.63. The fourth-order valence-corrected chi connectivity index (χ4v) is 1.24. The summed E-state index contributed by atoms with van der Waals surface area (Å²) in [7, 11) is 0. The Balaban J connectivity index is 3.97. The lowest BCUT2D eigenvalue weighted by Gasteiger charge is -2.22. The normalized spacial score (nSPS) is 14.6. The minimum atomic E-state index is -4.31. The molecule has 15 heavy (non-hydrogen) atoms. The van der Waals surface area contributed by atoms with E-state index in [0.29, 0.717) is 12.8 Å². The topological polar surface area (TPSA) is 9.23 Å². The molecule has 0 aromatic carbocycles. The number of alkyl halides is 4. The van der Waals surface area contributed by atoms with Gasteiger partial charge in [-0.05, 0) is 12.8 Å². The summed E-state index contributed by atoms with van der Waals surface area (Å²) in [5.41, 5.74) is 0. The first-order chi connectivity index (χ1) is 6.94. The van der Waals surface area contributed by atoms with Crippen LogP contribution in [0.15, 0.2) is 0 Å². The molecule has 0 radical (unpaired) electrons. The van der Waals surface area contributed by atoms with Crippen molar-refractivity contribution >= 4 is 0 Å². The van der Waals surface area contributed by atoms with Gasteiger partial charge in [0.05, 0.1) is 6.10 Å². The lowest BCUT2D eigenvalue weighted by molar-refractivity contribution is -0.319. The Morgan fingerprint density at radius 3 is 2.13 bits per heavy atom. The summed E-state index contributed by atoms with van der Waals surface area (Å²) in [6, 6.07) is 0. The third kappa shape index (κ3) is 5.97. The van der Waals surface area contributed by atoms with Crippen LogP contribution in [-0.2, 0) is 4.74 Å². The molecule has 0 aromatic rings. The predicted octanol–water partition coefficient (Wildman–Crippen LogP) is 4.22. The van der Waals surface area contributed by atoms with E-state index in [-0.39, 0.29) is 0 Å². The highest BCUT2D eigenvalue weighted by atomic mass is 19.3. The average molecular weight is 230 g/mol. The number of halogens is 4. The standard InChI is InChI=1S/C10H18F4O/c1-3-5-6-7-8(4-2)15-10(13,14)9(11)12/h8-9H,3-7H2,1-2H3. The van der Waals surface area contributed by atoms with E-state index in [1.807, 2.05) is 6.92 Å². The molecule has 0 fully saturated rings. The van der Waals surface area contributed by atoms with E-state index >= 15 is 0 Å². The molecule has 0 aliphatic rings. The molecule has 0 spiro atoms. The van der Waals surface area contributed by atoms with Gasteiger partial charge in [-0.25, -0.2) is 8.78 Å². The first kappa shape index (κ1) is 14.7. The van der Waals surface area contributed by atoms with Crippen LogP contribution in [0, 0.1) is 0 Å². The minimum absolute atomic E-state index is 0.325. The monoisotopic (exact) mass is 230 g/mol. The third-order valence-electron chi connectivity index (χ3n) is 2.16. The van der Waals surface area contributed by atoms with Crippen LogP contribution in [-0.4, -0.2) is 18.6 Å². The van der Waals surface area contributed by atoms with Crippen molar-refractivity contribution in [1.29, 1.82) is 0 Å². The van der Waals surface area contributed by atoms with Crippen LogP contribution in [0.25, 0.3) is 0 Å². The van der Waals surface area contributed by atoms with Gasteiger partial charge in [-0.2, -0.15) is 8.78 Å². The van der Waals surface area contributed by atoms with Crippen molar-refractivity contribution in [3.05, 3.63) is 0 Å². The van der Waals surface area contributed by atoms with Gasteiger partial charge in [0.15, 0.2) is 0 Å². The van der Waals surface area contributed by atoms with Crippen molar-refractivity contribution in [2.24, 2.45) is 0 Å². The van der Waals surface area contributed by atoms with Crippen molar-refractivity contribution in [1.82, 2.24) is 0 Å². The van der Waals surface area contributed by atoms with Crippen molar-refractivity contribution in [2.45, 2.75) is 64.6 Å². The molecule has 0 aliphatic carbocycles. The lowest BCUT2D eigenvalue weighted by Crippen LogP contribution is -2.34. The highest BCUT2D eigenvalue weighted by Gasteiger charge is 2.43. The van der Waals surface area contributed by atoms with E-state index in [9.17, 15) is 17.6 Å². The molecule has 0 heterocycles. The number of ether oxygens (including phenoxy) is 1. The van der Waals surface area contributed by atoms with E-state index in [4.69, 9.17) is 0 Å². The molecule has 0 amide bonds. The van der Waals surface area contributed by atoms with Crippen LogP contribution in [0.3, 0.4) is 0 Å². The molecule has 0 N–H and O–H groups in total. The van der Waals surface area contributed by atoms with Crippen LogP contribution in [0.1, 0.15) is 46.0 Å². The molecular formula is C10H18F4O. The SMILES string of the molecule is CCCCCC(CC)OC(F)(F)C(F)F. The summed E-state index contributed by atoms with van der Waals surface area (Å²) in [5, 5.41) is 0. The second-order valence-electron chi connectivity index (χ2n) is 3.51. The van der Waals surface area contributed by atoms with Gasteiger partial charge in [-0.15, -0.1) is 0 Å². The molecule has 0 aliphatic heterocycles. The molecule has 1 atom stereocenters. The molecule has 0 rings (SSSR count). The van der Waals surface area contributed by atoms with E-state index in [1.165, 1.54) is 0 Å². The fourth-order valence-electron chi connectivity index (χ4n) is 1.24. The Morgan fingerprint density at radius 1 is 1.13 bits per heavy atom. The third-order valence-corrected chi connectivity index (χ3v) is 2.16. The maximum Gasteiger partial charge on any atom is 0.416 e. The summed E-state index contributed by atoms with van der Waals surface area (Å²) in [6.07, 6.45) is -5.51. The average Bonchev–Trinajstić information content (AvgIpc) is 2.16. The highest BCUT2D eigenvalue weighted by Crippen LogP contribution is 2.28. The molecule has 5 heteroatoms. The molecule has 0 bridgehead atoms. The van der Waals surface area contributed by atoms with Crippen molar-refractivity contribution < 1.29 is 22.3 Å². The van der Waals surface area contributed by atoms with Crippen molar-refractivity contribution in [2.75, 3.05) is 0 Å². The molecule has 1 nitrogen and oxygen atoms in total. The van der Waals surface area contributed by atoms with Crippen LogP contribution in [0.5, 0.6) is 0 Å². The Morgan fingerprint density at radius 2 is 1.73 bits per heavy atom. The smallest absolute Gasteiger partial charge is 0.313 e. The van der Waals surface area contributed by atoms with Crippen LogP contribution in [0.2, 0.25) is 0 Å². The van der Waals surface area contributed by atoms with E-state index < -0.39 is 18.6 Å². The number of unbranched alkanes of at least 4 members (excludes halogenated alkanes) is 2. The predicted molar refractivity (Wildman–Crippen MR) is 50.3 cm³/mol. The molecule has 0 saturated heterocycles. The van der Waals surface area contributed by atoms with Gasteiger partial charge in [0.1, 0.15) is 0 Å². The molecule has 1 unspecified atom stereocenters. The summed E-state index contributed by atoms with van der Waals surface area (Å²) < 4.78 is 52.8. The molecule has 92 valence electrons. The molecule has 0 saturated carbocycles. The summed E-state index contributed by atoms with van der Waals surface area (Å²) in [6.45, 7) is 3.63. The summed E-state index contributed by atoms with van der Waals surface area (Å²) >= 11 is 0. The van der Waals surface area contributed by atoms with E-state index in [0.717, 1.165) is 19.3 Å². The van der Waals surface area contributed by atoms with Gasteiger partial charge >= 0.3 is 12.5 Å². The van der Waals surface area contributed by atoms with Crippen molar-refractivity contribution in [3.8, 4) is 0 Å². The van der Waals surface area contributed by atoms with Crippen LogP contribution < -0.4 is 0 Å². The van der Waals surface area contributed by atoms with Gasteiger partial charge < -0.3 is 4.74 Å². The fraction of sp³-hybridized carbons (Fsp3) is 1.00. The first-order valence-corrected chi connectivity index (χ1v) is 5.27. The summed E-state index contributed by atoms with van der Waals surface area (Å²) in [4.78, 5) is 0. The maximum absolute atomic E-state index is 12.5. The Hall–Kier alpha value is -0.320. The first-order valence-electron chi connectivity index (χ1n) is 5.27. The molecule has 0 aromatic heterocycles. The lowest BCUT2D eigenvalue weighted by atomic mass is 10.1. The van der Waals surface area contributed by atoms with E-state index in [1.54, 1.807) is 6.92 Å². The largest absolute Gasteiger partial charge is 0.416 e. The van der Waals surface area contributed by atoms with Gasteiger partial charge in [-0.3, -0.25) is 0 Å². The van der Waals surface area contributed by atoms with Crippen LogP contribution in [0.4, 0.5) is 17.6 Å². The minimum Gasteiger partial charge on any atom is -0.313 e. The number of hydrogen-bond donors (Lipinski definition) is 0. The van der Waals surface area contributed by atoms with Gasteiger partial charge in [0, 0.05) is 0 Å². The quantitative estimate of drug-likeness (QED) is 0.448. The number of rotatable bonds is 8. The Kier molecular flexibility index (Phi) is 6.89. The zero-order valence-corrected chi connectivity index (χ0v) is 9.11. The second-order valence-corrected chi connectivity index (χ2v) is 3.51. The zero-order chi connectivity index (χ0) is 11.9. The second kappa shape index (κ2) is 7.04. The maximum atomic E-state index is 12.5. The van der Waals surface area contributed by atoms with Gasteiger partial charge in [0.2, 0.25) is 0 Å². The Labute approximate surface area is 87.8 Å². The zero-order valence-electron chi connectivity index (χ0n) is 9.11. The number of hydrogen-bond acceptors (Lipinski definition) is 1. The molecular weight excluding hydrogens is 212 g/mol. The van der Waals surface area contributed by atoms with Crippen LogP contribution >= 0.6 is 0 Å². The van der Waals surface area contributed by atoms with Crippen molar-refractivity contribution in [3.63, 3.8) is 0 Å². The van der Waals surface area contributed by atoms with Gasteiger partial charge in [0.25, 0.3) is 0 Å². The summed E-state index contributed by atoms with van der Waals surface area (Å²) in [5.74, 6) is 0. The van der Waals surface area contributed by atoms with E-state index in [2.05, 4.69) is 4.74 Å².